The van der Waals surface area contributed by atoms with Crippen LogP contribution in [0.4, 0.5) is 0 Å². The molecule has 0 aliphatic heterocycles. The van der Waals surface area contributed by atoms with Gasteiger partial charge in [0.15, 0.2) is 0 Å². The van der Waals surface area contributed by atoms with Gasteiger partial charge in [0.2, 0.25) is 0 Å². The number of hydrogen-bond acceptors (Lipinski definition) is 2. The van der Waals surface area contributed by atoms with Gasteiger partial charge in [0.25, 0.3) is 0 Å². The Morgan fingerprint density at radius 2 is 1.90 bits per heavy atom. The van der Waals surface area contributed by atoms with E-state index in [1.165, 1.54) is 29.7 Å². The first-order valence-electron chi connectivity index (χ1n) is 8.09. The van der Waals surface area contributed by atoms with E-state index < -0.39 is 0 Å². The summed E-state index contributed by atoms with van der Waals surface area (Å²) in [4.78, 5) is 1.31. The van der Waals surface area contributed by atoms with Crippen molar-refractivity contribution in [1.29, 1.82) is 5.26 Å². The fraction of sp³-hybridized carbons (Fsp3) is 0.632. The Bertz CT molecular complexity index is 497. The predicted molar refractivity (Wildman–Crippen MR) is 91.3 cm³/mol. The van der Waals surface area contributed by atoms with Crippen LogP contribution < -0.4 is 0 Å². The third kappa shape index (κ3) is 4.04. The molecule has 1 aliphatic rings. The van der Waals surface area contributed by atoms with Gasteiger partial charge in [-0.05, 0) is 49.7 Å². The van der Waals surface area contributed by atoms with Crippen molar-refractivity contribution in [2.24, 2.45) is 17.3 Å². The molecule has 1 saturated carbocycles. The lowest BCUT2D eigenvalue weighted by Gasteiger charge is -2.41. The summed E-state index contributed by atoms with van der Waals surface area (Å²) in [6.07, 6.45) is 4.67. The van der Waals surface area contributed by atoms with E-state index in [0.717, 1.165) is 12.3 Å². The third-order valence-electron chi connectivity index (χ3n) is 5.28. The summed E-state index contributed by atoms with van der Waals surface area (Å²) < 4.78 is 0. The largest absolute Gasteiger partial charge is 0.198 e. The molecule has 3 atom stereocenters. The van der Waals surface area contributed by atoms with Crippen LogP contribution in [0, 0.1) is 35.5 Å². The van der Waals surface area contributed by atoms with Crippen LogP contribution in [0.15, 0.2) is 29.2 Å². The molecule has 1 fully saturated rings. The molecule has 0 N–H and O–H groups in total. The maximum absolute atomic E-state index is 9.47. The second-order valence-corrected chi connectivity index (χ2v) is 8.37. The average Bonchev–Trinajstić information content (AvgIpc) is 2.49. The van der Waals surface area contributed by atoms with Crippen molar-refractivity contribution in [2.75, 3.05) is 0 Å². The lowest BCUT2D eigenvalue weighted by molar-refractivity contribution is 0.144. The van der Waals surface area contributed by atoms with Gasteiger partial charge < -0.3 is 0 Å². The molecular weight excluding hydrogens is 274 g/mol. The number of benzene rings is 1. The summed E-state index contributed by atoms with van der Waals surface area (Å²) in [5.41, 5.74) is 1.69. The zero-order valence-corrected chi connectivity index (χ0v) is 14.5. The quantitative estimate of drug-likeness (QED) is 0.698. The standard InChI is InChI=1S/C19H27NS/c1-5-19(3,4)16-9-8-15(13-20)18(12-16)21-17-10-6-14(2)7-11-17/h6-7,10-11,15-16,18H,5,8-9,12H2,1-4H3. The zero-order valence-electron chi connectivity index (χ0n) is 13.7. The van der Waals surface area contributed by atoms with Crippen molar-refractivity contribution in [1.82, 2.24) is 0 Å². The van der Waals surface area contributed by atoms with Crippen molar-refractivity contribution >= 4 is 11.8 Å². The number of hydrogen-bond donors (Lipinski definition) is 0. The Morgan fingerprint density at radius 1 is 1.24 bits per heavy atom. The molecule has 114 valence electrons. The molecule has 1 aromatic carbocycles. The van der Waals surface area contributed by atoms with E-state index >= 15 is 0 Å². The highest BCUT2D eigenvalue weighted by Crippen LogP contribution is 2.46. The average molecular weight is 301 g/mol. The van der Waals surface area contributed by atoms with E-state index in [1.807, 2.05) is 11.8 Å². The molecule has 21 heavy (non-hydrogen) atoms. The monoisotopic (exact) mass is 301 g/mol. The highest BCUT2D eigenvalue weighted by Gasteiger charge is 2.37. The number of rotatable bonds is 4. The molecule has 3 unspecified atom stereocenters. The minimum Gasteiger partial charge on any atom is -0.198 e. The predicted octanol–water partition coefficient (Wildman–Crippen LogP) is 5.83. The molecule has 0 radical (unpaired) electrons. The van der Waals surface area contributed by atoms with Crippen LogP contribution in [0.2, 0.25) is 0 Å². The molecule has 1 aliphatic carbocycles. The Kier molecular flexibility index (Phi) is 5.38. The molecule has 2 rings (SSSR count). The maximum atomic E-state index is 9.47. The van der Waals surface area contributed by atoms with Crippen LogP contribution in [0.5, 0.6) is 0 Å². The summed E-state index contributed by atoms with van der Waals surface area (Å²) in [5, 5.41) is 9.91. The minimum absolute atomic E-state index is 0.209. The number of nitriles is 1. The van der Waals surface area contributed by atoms with E-state index in [4.69, 9.17) is 0 Å². The molecule has 0 bridgehead atoms. The zero-order chi connectivity index (χ0) is 15.5. The highest BCUT2D eigenvalue weighted by atomic mass is 32.2. The number of aryl methyl sites for hydroxylation is 1. The lowest BCUT2D eigenvalue weighted by Crippen LogP contribution is -2.34. The van der Waals surface area contributed by atoms with Crippen LogP contribution in [-0.4, -0.2) is 5.25 Å². The van der Waals surface area contributed by atoms with Gasteiger partial charge in [0, 0.05) is 10.1 Å². The first-order chi connectivity index (χ1) is 9.96. The van der Waals surface area contributed by atoms with Crippen LogP contribution in [0.25, 0.3) is 0 Å². The molecule has 0 saturated heterocycles. The van der Waals surface area contributed by atoms with Crippen LogP contribution in [-0.2, 0) is 0 Å². The molecule has 0 amide bonds. The second kappa shape index (κ2) is 6.88. The molecule has 1 aromatic rings. The Morgan fingerprint density at radius 3 is 2.48 bits per heavy atom. The SMILES string of the molecule is CCC(C)(C)C1CCC(C#N)C(Sc2ccc(C)cc2)C1. The first kappa shape index (κ1) is 16.4. The second-order valence-electron chi connectivity index (χ2n) is 7.06. The van der Waals surface area contributed by atoms with Gasteiger partial charge in [0.05, 0.1) is 12.0 Å². The molecule has 0 heterocycles. The van der Waals surface area contributed by atoms with Gasteiger partial charge in [0.1, 0.15) is 0 Å². The lowest BCUT2D eigenvalue weighted by atomic mass is 9.67. The topological polar surface area (TPSA) is 23.8 Å². The van der Waals surface area contributed by atoms with E-state index in [-0.39, 0.29) is 5.92 Å². The van der Waals surface area contributed by atoms with Crippen LogP contribution >= 0.6 is 11.8 Å². The Balaban J connectivity index is 2.10. The van der Waals surface area contributed by atoms with E-state index in [9.17, 15) is 5.26 Å². The van der Waals surface area contributed by atoms with Crippen molar-refractivity contribution in [3.05, 3.63) is 29.8 Å². The third-order valence-corrected chi connectivity index (χ3v) is 6.65. The summed E-state index contributed by atoms with van der Waals surface area (Å²) in [6.45, 7) is 9.18. The van der Waals surface area contributed by atoms with Gasteiger partial charge in [-0.2, -0.15) is 5.26 Å². The summed E-state index contributed by atoms with van der Waals surface area (Å²) in [7, 11) is 0. The molecule has 0 spiro atoms. The highest BCUT2D eigenvalue weighted by molar-refractivity contribution is 8.00. The smallest absolute Gasteiger partial charge is 0.0667 e. The summed E-state index contributed by atoms with van der Waals surface area (Å²) >= 11 is 1.91. The van der Waals surface area contributed by atoms with Gasteiger partial charge in [-0.1, -0.05) is 44.9 Å². The van der Waals surface area contributed by atoms with E-state index in [1.54, 1.807) is 0 Å². The first-order valence-corrected chi connectivity index (χ1v) is 8.97. The van der Waals surface area contributed by atoms with Crippen molar-refractivity contribution in [3.8, 4) is 6.07 Å². The maximum Gasteiger partial charge on any atom is 0.0667 e. The van der Waals surface area contributed by atoms with E-state index in [2.05, 4.69) is 58.0 Å². The Hall–Kier alpha value is -0.940. The van der Waals surface area contributed by atoms with Crippen molar-refractivity contribution in [3.63, 3.8) is 0 Å². The summed E-state index contributed by atoms with van der Waals surface area (Å²) in [6, 6.07) is 11.3. The fourth-order valence-corrected chi connectivity index (χ4v) is 4.53. The number of thioether (sulfide) groups is 1. The van der Waals surface area contributed by atoms with Gasteiger partial charge >= 0.3 is 0 Å². The molecule has 0 aromatic heterocycles. The van der Waals surface area contributed by atoms with Gasteiger partial charge in [-0.15, -0.1) is 11.8 Å². The van der Waals surface area contributed by atoms with Gasteiger partial charge in [-0.3, -0.25) is 0 Å². The van der Waals surface area contributed by atoms with Gasteiger partial charge in [-0.25, -0.2) is 0 Å². The van der Waals surface area contributed by atoms with Crippen molar-refractivity contribution in [2.45, 2.75) is 63.5 Å². The summed E-state index contributed by atoms with van der Waals surface area (Å²) in [5.74, 6) is 0.954. The van der Waals surface area contributed by atoms with Crippen LogP contribution in [0.1, 0.15) is 52.0 Å². The van der Waals surface area contributed by atoms with E-state index in [0.29, 0.717) is 10.7 Å². The minimum atomic E-state index is 0.209. The number of nitrogens with zero attached hydrogens (tertiary/aromatic N) is 1. The Labute approximate surface area is 134 Å². The molecular formula is C19H27NS. The van der Waals surface area contributed by atoms with Crippen LogP contribution in [0.3, 0.4) is 0 Å². The molecule has 1 nitrogen and oxygen atoms in total. The molecule has 2 heteroatoms. The fourth-order valence-electron chi connectivity index (χ4n) is 3.20. The normalized spacial score (nSPS) is 26.3. The van der Waals surface area contributed by atoms with Crippen molar-refractivity contribution < 1.29 is 0 Å².